The van der Waals surface area contributed by atoms with Crippen molar-refractivity contribution in [2.45, 2.75) is 6.54 Å². The largest absolute Gasteiger partial charge is 0.266 e. The molecule has 0 saturated carbocycles. The van der Waals surface area contributed by atoms with Crippen molar-refractivity contribution < 1.29 is 0 Å². The first-order valence-corrected chi connectivity index (χ1v) is 4.58. The van der Waals surface area contributed by atoms with E-state index in [4.69, 9.17) is 17.1 Å². The van der Waals surface area contributed by atoms with E-state index < -0.39 is 0 Å². The third kappa shape index (κ3) is 1.72. The number of azide groups is 1. The standard InChI is InChI=1S/C8H7ClN6/c1-15-8-5(3-12-15)2-7(9)13-6(8)4-11-14-10/h2-3H,4H2,1H3. The van der Waals surface area contributed by atoms with Crippen molar-refractivity contribution in [3.8, 4) is 0 Å². The number of halogens is 1. The van der Waals surface area contributed by atoms with Crippen LogP contribution >= 0.6 is 11.6 Å². The first kappa shape index (κ1) is 9.76. The highest BCUT2D eigenvalue weighted by Crippen LogP contribution is 2.20. The zero-order valence-electron chi connectivity index (χ0n) is 7.92. The quantitative estimate of drug-likeness (QED) is 0.339. The lowest BCUT2D eigenvalue weighted by molar-refractivity contribution is 0.786. The average molecular weight is 223 g/mol. The van der Waals surface area contributed by atoms with Crippen molar-refractivity contribution in [1.29, 1.82) is 0 Å². The molecule has 0 N–H and O–H groups in total. The second-order valence-electron chi connectivity index (χ2n) is 2.99. The topological polar surface area (TPSA) is 79.5 Å². The van der Waals surface area contributed by atoms with Crippen molar-refractivity contribution in [3.05, 3.63) is 33.6 Å². The van der Waals surface area contributed by atoms with Gasteiger partial charge in [-0.1, -0.05) is 16.7 Å². The van der Waals surface area contributed by atoms with Gasteiger partial charge in [0, 0.05) is 17.3 Å². The second-order valence-corrected chi connectivity index (χ2v) is 3.37. The van der Waals surface area contributed by atoms with Crippen LogP contribution in [-0.4, -0.2) is 14.8 Å². The summed E-state index contributed by atoms with van der Waals surface area (Å²) in [5.41, 5.74) is 9.74. The van der Waals surface area contributed by atoms with Gasteiger partial charge in [0.2, 0.25) is 0 Å². The molecule has 0 atom stereocenters. The number of hydrogen-bond acceptors (Lipinski definition) is 3. The van der Waals surface area contributed by atoms with Gasteiger partial charge in [0.25, 0.3) is 0 Å². The Balaban J connectivity index is 2.68. The molecule has 0 fully saturated rings. The Bertz CT molecular complexity index is 554. The Kier molecular flexibility index (Phi) is 2.45. The molecule has 6 nitrogen and oxygen atoms in total. The smallest absolute Gasteiger partial charge is 0.130 e. The van der Waals surface area contributed by atoms with E-state index in [2.05, 4.69) is 20.1 Å². The highest BCUT2D eigenvalue weighted by molar-refractivity contribution is 6.30. The predicted molar refractivity (Wildman–Crippen MR) is 56.4 cm³/mol. The molecule has 2 rings (SSSR count). The molecule has 0 aromatic carbocycles. The monoisotopic (exact) mass is 222 g/mol. The number of aryl methyl sites for hydroxylation is 1. The van der Waals surface area contributed by atoms with Gasteiger partial charge in [-0.05, 0) is 11.6 Å². The molecule has 76 valence electrons. The molecule has 0 amide bonds. The molecule has 0 aliphatic rings. The second kappa shape index (κ2) is 3.76. The molecule has 7 heteroatoms. The van der Waals surface area contributed by atoms with Crippen LogP contribution in [0.2, 0.25) is 5.15 Å². The van der Waals surface area contributed by atoms with Gasteiger partial charge in [-0.3, -0.25) is 4.68 Å². The maximum Gasteiger partial charge on any atom is 0.130 e. The van der Waals surface area contributed by atoms with E-state index in [1.165, 1.54) is 0 Å². The molecule has 0 spiro atoms. The lowest BCUT2D eigenvalue weighted by Crippen LogP contribution is -1.96. The van der Waals surface area contributed by atoms with Crippen LogP contribution in [-0.2, 0) is 13.6 Å². The Morgan fingerprint density at radius 1 is 1.67 bits per heavy atom. The van der Waals surface area contributed by atoms with E-state index in [0.717, 1.165) is 10.9 Å². The van der Waals surface area contributed by atoms with Gasteiger partial charge < -0.3 is 0 Å². The summed E-state index contributed by atoms with van der Waals surface area (Å²) in [7, 11) is 1.80. The number of fused-ring (bicyclic) bond motifs is 1. The maximum atomic E-state index is 8.26. The van der Waals surface area contributed by atoms with Gasteiger partial charge in [-0.2, -0.15) is 5.10 Å². The Hall–Kier alpha value is -1.78. The number of rotatable bonds is 2. The summed E-state index contributed by atoms with van der Waals surface area (Å²) in [6.45, 7) is 0.174. The van der Waals surface area contributed by atoms with E-state index >= 15 is 0 Å². The van der Waals surface area contributed by atoms with Crippen molar-refractivity contribution in [3.63, 3.8) is 0 Å². The number of pyridine rings is 1. The molecule has 15 heavy (non-hydrogen) atoms. The van der Waals surface area contributed by atoms with Crippen LogP contribution in [0.5, 0.6) is 0 Å². The Labute approximate surface area is 90.1 Å². The van der Waals surface area contributed by atoms with Crippen LogP contribution in [0.4, 0.5) is 0 Å². The van der Waals surface area contributed by atoms with Gasteiger partial charge >= 0.3 is 0 Å². The maximum absolute atomic E-state index is 8.26. The molecule has 0 unspecified atom stereocenters. The van der Waals surface area contributed by atoms with Crippen molar-refractivity contribution in [2.75, 3.05) is 0 Å². The van der Waals surface area contributed by atoms with Gasteiger partial charge in [-0.15, -0.1) is 0 Å². The van der Waals surface area contributed by atoms with Crippen molar-refractivity contribution in [1.82, 2.24) is 14.8 Å². The Morgan fingerprint density at radius 3 is 3.20 bits per heavy atom. The van der Waals surface area contributed by atoms with E-state index in [-0.39, 0.29) is 6.54 Å². The highest BCUT2D eigenvalue weighted by Gasteiger charge is 2.08. The Morgan fingerprint density at radius 2 is 2.47 bits per heavy atom. The normalized spacial score (nSPS) is 10.3. The summed E-state index contributed by atoms with van der Waals surface area (Å²) in [6.07, 6.45) is 1.70. The average Bonchev–Trinajstić information content (AvgIpc) is 2.56. The number of nitrogens with zero attached hydrogens (tertiary/aromatic N) is 6. The molecule has 0 saturated heterocycles. The minimum Gasteiger partial charge on any atom is -0.266 e. The minimum atomic E-state index is 0.174. The molecule has 0 radical (unpaired) electrons. The van der Waals surface area contributed by atoms with Crippen LogP contribution < -0.4 is 0 Å². The molecule has 0 bridgehead atoms. The summed E-state index contributed by atoms with van der Waals surface area (Å²) < 4.78 is 1.68. The third-order valence-electron chi connectivity index (χ3n) is 2.04. The molecular formula is C8H7ClN6. The first-order chi connectivity index (χ1) is 7.22. The van der Waals surface area contributed by atoms with Crippen molar-refractivity contribution in [2.24, 2.45) is 12.2 Å². The zero-order valence-corrected chi connectivity index (χ0v) is 8.68. The molecular weight excluding hydrogens is 216 g/mol. The summed E-state index contributed by atoms with van der Waals surface area (Å²) in [5, 5.41) is 8.82. The van der Waals surface area contributed by atoms with E-state index in [1.807, 2.05) is 0 Å². The van der Waals surface area contributed by atoms with Crippen LogP contribution in [0.1, 0.15) is 5.69 Å². The van der Waals surface area contributed by atoms with Crippen LogP contribution in [0, 0.1) is 0 Å². The SMILES string of the molecule is Cn1ncc2cc(Cl)nc(CN=[N+]=[N-])c21. The highest BCUT2D eigenvalue weighted by atomic mass is 35.5. The molecule has 2 heterocycles. The summed E-state index contributed by atoms with van der Waals surface area (Å²) in [6, 6.07) is 1.73. The van der Waals surface area contributed by atoms with E-state index in [0.29, 0.717) is 10.8 Å². The lowest BCUT2D eigenvalue weighted by Gasteiger charge is -2.01. The van der Waals surface area contributed by atoms with Crippen LogP contribution in [0.25, 0.3) is 21.3 Å². The fraction of sp³-hybridized carbons (Fsp3) is 0.250. The minimum absolute atomic E-state index is 0.174. The third-order valence-corrected chi connectivity index (χ3v) is 2.23. The number of hydrogen-bond donors (Lipinski definition) is 0. The first-order valence-electron chi connectivity index (χ1n) is 4.20. The van der Waals surface area contributed by atoms with Crippen LogP contribution in [0.15, 0.2) is 17.4 Å². The summed E-state index contributed by atoms with van der Waals surface area (Å²) in [4.78, 5) is 6.81. The van der Waals surface area contributed by atoms with Crippen LogP contribution in [0.3, 0.4) is 0 Å². The lowest BCUT2D eigenvalue weighted by atomic mass is 10.2. The van der Waals surface area contributed by atoms with E-state index in [9.17, 15) is 0 Å². The van der Waals surface area contributed by atoms with Gasteiger partial charge in [0.05, 0.1) is 24.0 Å². The van der Waals surface area contributed by atoms with Gasteiger partial charge in [0.1, 0.15) is 5.15 Å². The number of aromatic nitrogens is 3. The fourth-order valence-corrected chi connectivity index (χ4v) is 1.68. The molecule has 2 aromatic rings. The predicted octanol–water partition coefficient (Wildman–Crippen LogP) is 2.43. The summed E-state index contributed by atoms with van der Waals surface area (Å²) in [5.74, 6) is 0. The molecule has 0 aliphatic heterocycles. The summed E-state index contributed by atoms with van der Waals surface area (Å²) >= 11 is 5.83. The van der Waals surface area contributed by atoms with E-state index in [1.54, 1.807) is 24.0 Å². The van der Waals surface area contributed by atoms with Crippen molar-refractivity contribution >= 4 is 22.5 Å². The molecule has 2 aromatic heterocycles. The van der Waals surface area contributed by atoms with Gasteiger partial charge in [0.15, 0.2) is 0 Å². The fourth-order valence-electron chi connectivity index (χ4n) is 1.46. The molecule has 0 aliphatic carbocycles. The van der Waals surface area contributed by atoms with Gasteiger partial charge in [-0.25, -0.2) is 4.98 Å². The zero-order chi connectivity index (χ0) is 10.8.